The minimum Gasteiger partial charge on any atom is -0.480 e. The normalized spacial score (nSPS) is 22.1. The Morgan fingerprint density at radius 1 is 1.25 bits per heavy atom. The third-order valence-electron chi connectivity index (χ3n) is 6.26. The molecule has 2 heterocycles. The lowest BCUT2D eigenvalue weighted by Gasteiger charge is -2.35. The second-order valence-electron chi connectivity index (χ2n) is 8.54. The molecule has 0 spiro atoms. The van der Waals surface area contributed by atoms with E-state index in [4.69, 9.17) is 9.88 Å². The van der Waals surface area contributed by atoms with Crippen LogP contribution in [-0.4, -0.2) is 68.1 Å². The molecule has 0 radical (unpaired) electrons. The van der Waals surface area contributed by atoms with Crippen molar-refractivity contribution in [2.45, 2.75) is 42.4 Å². The van der Waals surface area contributed by atoms with Crippen LogP contribution in [0.3, 0.4) is 0 Å². The van der Waals surface area contributed by atoms with E-state index < -0.39 is 16.1 Å². The molecular weight excluding hydrogens is 430 g/mol. The van der Waals surface area contributed by atoms with E-state index in [0.29, 0.717) is 31.7 Å². The molecular formula is C23H29N3O5S. The molecule has 0 aromatic heterocycles. The molecule has 172 valence electrons. The molecule has 4 rings (SSSR count). The van der Waals surface area contributed by atoms with Crippen molar-refractivity contribution in [1.29, 1.82) is 0 Å². The van der Waals surface area contributed by atoms with Crippen molar-refractivity contribution in [3.05, 3.63) is 59.7 Å². The summed E-state index contributed by atoms with van der Waals surface area (Å²) in [7, 11) is -2.00. The van der Waals surface area contributed by atoms with Crippen molar-refractivity contribution in [3.63, 3.8) is 0 Å². The van der Waals surface area contributed by atoms with Crippen molar-refractivity contribution in [2.24, 2.45) is 5.14 Å². The molecule has 3 N–H and O–H groups in total. The maximum absolute atomic E-state index is 13.4. The van der Waals surface area contributed by atoms with E-state index in [0.717, 1.165) is 24.1 Å². The summed E-state index contributed by atoms with van der Waals surface area (Å²) in [6, 6.07) is 14.2. The zero-order valence-corrected chi connectivity index (χ0v) is 18.9. The fourth-order valence-corrected chi connectivity index (χ4v) is 5.01. The van der Waals surface area contributed by atoms with Gasteiger partial charge in [-0.3, -0.25) is 9.69 Å². The first-order chi connectivity index (χ1) is 15.2. The fourth-order valence-electron chi connectivity index (χ4n) is 4.45. The summed E-state index contributed by atoms with van der Waals surface area (Å²) < 4.78 is 29.2. The smallest absolute Gasteiger partial charge is 0.263 e. The van der Waals surface area contributed by atoms with E-state index in [9.17, 15) is 18.3 Å². The first kappa shape index (κ1) is 22.7. The van der Waals surface area contributed by atoms with Crippen LogP contribution in [0.1, 0.15) is 30.0 Å². The van der Waals surface area contributed by atoms with E-state index in [1.807, 2.05) is 30.3 Å². The highest BCUT2D eigenvalue weighted by Crippen LogP contribution is 2.31. The number of likely N-dealkylation sites (N-methyl/N-ethyl adjacent to an activating group) is 1. The number of amides is 1. The van der Waals surface area contributed by atoms with Gasteiger partial charge in [-0.05, 0) is 48.6 Å². The van der Waals surface area contributed by atoms with E-state index >= 15 is 0 Å². The number of rotatable bonds is 6. The lowest BCUT2D eigenvalue weighted by Crippen LogP contribution is -2.46. The Labute approximate surface area is 188 Å². The van der Waals surface area contributed by atoms with Gasteiger partial charge in [0.15, 0.2) is 6.10 Å². The molecule has 3 atom stereocenters. The number of primary sulfonamides is 1. The maximum atomic E-state index is 13.4. The molecule has 0 bridgehead atoms. The average Bonchev–Trinajstić information content (AvgIpc) is 3.20. The van der Waals surface area contributed by atoms with Crippen LogP contribution in [0.4, 0.5) is 0 Å². The van der Waals surface area contributed by atoms with Crippen molar-refractivity contribution >= 4 is 15.9 Å². The molecule has 2 aromatic rings. The van der Waals surface area contributed by atoms with Crippen LogP contribution in [0.15, 0.2) is 53.4 Å². The van der Waals surface area contributed by atoms with Gasteiger partial charge in [-0.25, -0.2) is 13.6 Å². The maximum Gasteiger partial charge on any atom is 0.263 e. The van der Waals surface area contributed by atoms with Crippen LogP contribution in [0.25, 0.3) is 0 Å². The summed E-state index contributed by atoms with van der Waals surface area (Å²) in [6.07, 6.45) is 0.740. The summed E-state index contributed by atoms with van der Waals surface area (Å²) in [4.78, 5) is 17.4. The van der Waals surface area contributed by atoms with E-state index in [2.05, 4.69) is 4.90 Å². The third kappa shape index (κ3) is 4.96. The number of sulfonamides is 1. The zero-order valence-electron chi connectivity index (χ0n) is 18.1. The van der Waals surface area contributed by atoms with Gasteiger partial charge >= 0.3 is 0 Å². The van der Waals surface area contributed by atoms with Crippen LogP contribution in [0, 0.1) is 0 Å². The average molecular weight is 460 g/mol. The van der Waals surface area contributed by atoms with Crippen LogP contribution < -0.4 is 9.88 Å². The number of fused-ring (bicyclic) bond motifs is 1. The number of β-amino-alcohol motifs (C(OH)–C–C–N with tert-alkyl or cyclic N) is 1. The first-order valence-corrected chi connectivity index (χ1v) is 12.3. The van der Waals surface area contributed by atoms with Crippen LogP contribution >= 0.6 is 0 Å². The van der Waals surface area contributed by atoms with Crippen LogP contribution in [0.5, 0.6) is 5.75 Å². The van der Waals surface area contributed by atoms with E-state index in [1.165, 1.54) is 12.1 Å². The Morgan fingerprint density at radius 3 is 2.66 bits per heavy atom. The molecule has 2 aliphatic rings. The molecule has 0 aliphatic carbocycles. The number of hydrogen-bond acceptors (Lipinski definition) is 6. The number of benzene rings is 2. The number of carbonyl (C=O) groups is 1. The standard InChI is InChI=1S/C23H29N3O5S/c1-25(20(16-5-3-2-4-6-16)15-26-12-11-18(27)14-26)23(28)22-9-7-17-13-19(32(24,29)30)8-10-21(17)31-22/h2-6,8,10,13,18,20,22,27H,7,9,11-12,14-15H2,1H3,(H2,24,29,30)/t18-,20?,22-/m0/s1. The number of aliphatic hydroxyl groups is 1. The van der Waals surface area contributed by atoms with Gasteiger partial charge in [-0.2, -0.15) is 0 Å². The van der Waals surface area contributed by atoms with Crippen LogP contribution in [-0.2, 0) is 21.2 Å². The van der Waals surface area contributed by atoms with Crippen molar-refractivity contribution in [3.8, 4) is 5.75 Å². The van der Waals surface area contributed by atoms with Crippen molar-refractivity contribution < 1.29 is 23.1 Å². The number of carbonyl (C=O) groups excluding carboxylic acids is 1. The van der Waals surface area contributed by atoms with Crippen LogP contribution in [0.2, 0.25) is 0 Å². The molecule has 8 nitrogen and oxygen atoms in total. The van der Waals surface area contributed by atoms with Gasteiger partial charge in [-0.15, -0.1) is 0 Å². The van der Waals surface area contributed by atoms with Crippen molar-refractivity contribution in [2.75, 3.05) is 26.7 Å². The van der Waals surface area contributed by atoms with Gasteiger partial charge < -0.3 is 14.7 Å². The molecule has 2 aliphatic heterocycles. The number of likely N-dealkylation sites (tertiary alicyclic amines) is 1. The summed E-state index contributed by atoms with van der Waals surface area (Å²) in [6.45, 7) is 2.03. The highest BCUT2D eigenvalue weighted by molar-refractivity contribution is 7.89. The third-order valence-corrected chi connectivity index (χ3v) is 7.17. The lowest BCUT2D eigenvalue weighted by molar-refractivity contribution is -0.140. The molecule has 1 saturated heterocycles. The highest BCUT2D eigenvalue weighted by atomic mass is 32.2. The lowest BCUT2D eigenvalue weighted by atomic mass is 10.00. The summed E-state index contributed by atoms with van der Waals surface area (Å²) >= 11 is 0. The minimum absolute atomic E-state index is 0.0405. The number of nitrogens with zero attached hydrogens (tertiary/aromatic N) is 2. The predicted molar refractivity (Wildman–Crippen MR) is 120 cm³/mol. The SMILES string of the molecule is CN(C(=O)[C@@H]1CCc2cc(S(N)(=O)=O)ccc2O1)C(CN1CC[C@H](O)C1)c1ccccc1. The Kier molecular flexibility index (Phi) is 6.52. The molecule has 1 unspecified atom stereocenters. The van der Waals surface area contributed by atoms with E-state index in [1.54, 1.807) is 18.0 Å². The number of aliphatic hydroxyl groups excluding tert-OH is 1. The Bertz CT molecular complexity index is 1080. The highest BCUT2D eigenvalue weighted by Gasteiger charge is 2.34. The quantitative estimate of drug-likeness (QED) is 0.673. The van der Waals surface area contributed by atoms with Gasteiger partial charge in [0.1, 0.15) is 5.75 Å². The number of nitrogens with two attached hydrogens (primary N) is 1. The Morgan fingerprint density at radius 2 is 2.00 bits per heavy atom. The molecule has 9 heteroatoms. The van der Waals surface area contributed by atoms with Gasteiger partial charge in [0, 0.05) is 26.7 Å². The second-order valence-corrected chi connectivity index (χ2v) is 10.1. The molecule has 1 amide bonds. The largest absolute Gasteiger partial charge is 0.480 e. The fraction of sp³-hybridized carbons (Fsp3) is 0.435. The topological polar surface area (TPSA) is 113 Å². The van der Waals surface area contributed by atoms with Gasteiger partial charge in [-0.1, -0.05) is 30.3 Å². The monoisotopic (exact) mass is 459 g/mol. The molecule has 32 heavy (non-hydrogen) atoms. The Hall–Kier alpha value is -2.46. The Balaban J connectivity index is 1.51. The van der Waals surface area contributed by atoms with Gasteiger partial charge in [0.2, 0.25) is 10.0 Å². The number of aryl methyl sites for hydroxylation is 1. The van der Waals surface area contributed by atoms with E-state index in [-0.39, 0.29) is 22.9 Å². The second kappa shape index (κ2) is 9.19. The predicted octanol–water partition coefficient (Wildman–Crippen LogP) is 1.29. The van der Waals surface area contributed by atoms with Crippen molar-refractivity contribution in [1.82, 2.24) is 9.80 Å². The van der Waals surface area contributed by atoms with Gasteiger partial charge in [0.05, 0.1) is 17.0 Å². The summed E-state index contributed by atoms with van der Waals surface area (Å²) in [5.41, 5.74) is 1.76. The minimum atomic E-state index is -3.79. The molecule has 1 fully saturated rings. The zero-order chi connectivity index (χ0) is 22.9. The van der Waals surface area contributed by atoms with Gasteiger partial charge in [0.25, 0.3) is 5.91 Å². The summed E-state index contributed by atoms with van der Waals surface area (Å²) in [5, 5.41) is 15.1. The molecule has 0 saturated carbocycles. The molecule has 2 aromatic carbocycles. The first-order valence-electron chi connectivity index (χ1n) is 10.8. The summed E-state index contributed by atoms with van der Waals surface area (Å²) in [5.74, 6) is 0.383. The number of ether oxygens (including phenoxy) is 1. The number of hydrogen-bond donors (Lipinski definition) is 2.